The number of fused-ring (bicyclic) bond motifs is 1. The predicted molar refractivity (Wildman–Crippen MR) is 100 cm³/mol. The van der Waals surface area contributed by atoms with Crippen LogP contribution >= 0.6 is 0 Å². The molecule has 0 bridgehead atoms. The fraction of sp³-hybridized carbons (Fsp3) is 0.250. The van der Waals surface area contributed by atoms with Gasteiger partial charge in [0.25, 0.3) is 0 Å². The van der Waals surface area contributed by atoms with Gasteiger partial charge in [-0.1, -0.05) is 18.2 Å². The molecule has 7 heteroatoms. The summed E-state index contributed by atoms with van der Waals surface area (Å²) in [6.07, 6.45) is 1.22. The van der Waals surface area contributed by atoms with E-state index in [9.17, 15) is 14.4 Å². The van der Waals surface area contributed by atoms with Gasteiger partial charge in [-0.2, -0.15) is 0 Å². The fourth-order valence-electron chi connectivity index (χ4n) is 3.12. The van der Waals surface area contributed by atoms with Crippen molar-refractivity contribution in [3.8, 4) is 5.75 Å². The van der Waals surface area contributed by atoms with Crippen molar-refractivity contribution >= 4 is 29.2 Å². The molecule has 0 aliphatic carbocycles. The Balaban J connectivity index is 1.59. The second kappa shape index (κ2) is 7.90. The molecular formula is C20H20N2O5. The molecule has 0 fully saturated rings. The Hall–Kier alpha value is -3.35. The number of hydrogen-bond donors (Lipinski definition) is 3. The molecule has 1 aliphatic heterocycles. The van der Waals surface area contributed by atoms with Gasteiger partial charge in [-0.25, -0.2) is 4.79 Å². The van der Waals surface area contributed by atoms with Gasteiger partial charge < -0.3 is 20.5 Å². The normalized spacial score (nSPS) is 15.4. The molecule has 0 spiro atoms. The molecule has 27 heavy (non-hydrogen) atoms. The maximum atomic E-state index is 12.2. The Morgan fingerprint density at radius 1 is 1.26 bits per heavy atom. The number of carbonyl (C=O) groups is 3. The highest BCUT2D eigenvalue weighted by Gasteiger charge is 2.26. The first kappa shape index (κ1) is 18.4. The summed E-state index contributed by atoms with van der Waals surface area (Å²) >= 11 is 0. The summed E-state index contributed by atoms with van der Waals surface area (Å²) < 4.78 is 5.05. The molecule has 7 nitrogen and oxygen atoms in total. The van der Waals surface area contributed by atoms with E-state index in [-0.39, 0.29) is 35.5 Å². The third kappa shape index (κ3) is 4.25. The number of methoxy groups -OCH3 is 1. The second-order valence-corrected chi connectivity index (χ2v) is 6.35. The van der Waals surface area contributed by atoms with E-state index >= 15 is 0 Å². The number of rotatable bonds is 6. The van der Waals surface area contributed by atoms with Gasteiger partial charge in [-0.3, -0.25) is 9.59 Å². The van der Waals surface area contributed by atoms with Crippen LogP contribution in [0.3, 0.4) is 0 Å². The highest BCUT2D eigenvalue weighted by atomic mass is 16.5. The van der Waals surface area contributed by atoms with Crippen LogP contribution in [0.25, 0.3) is 0 Å². The number of para-hydroxylation sites is 1. The third-order valence-corrected chi connectivity index (χ3v) is 4.55. The number of ether oxygens (including phenoxy) is 1. The van der Waals surface area contributed by atoms with Crippen LogP contribution in [0.2, 0.25) is 0 Å². The van der Waals surface area contributed by atoms with Crippen LogP contribution < -0.4 is 15.4 Å². The smallest absolute Gasteiger partial charge is 0.339 e. The summed E-state index contributed by atoms with van der Waals surface area (Å²) in [7, 11) is 1.37. The van der Waals surface area contributed by atoms with E-state index in [4.69, 9.17) is 9.84 Å². The van der Waals surface area contributed by atoms with Crippen molar-refractivity contribution in [2.75, 3.05) is 17.7 Å². The number of anilines is 2. The van der Waals surface area contributed by atoms with Crippen LogP contribution in [0.15, 0.2) is 42.5 Å². The number of amides is 2. The molecule has 1 unspecified atom stereocenters. The number of benzene rings is 2. The Morgan fingerprint density at radius 3 is 2.78 bits per heavy atom. The van der Waals surface area contributed by atoms with Gasteiger partial charge in [0.15, 0.2) is 0 Å². The van der Waals surface area contributed by atoms with Gasteiger partial charge in [-0.05, 0) is 36.6 Å². The van der Waals surface area contributed by atoms with Crippen molar-refractivity contribution in [3.63, 3.8) is 0 Å². The maximum Gasteiger partial charge on any atom is 0.339 e. The van der Waals surface area contributed by atoms with Crippen LogP contribution in [-0.2, 0) is 16.0 Å². The van der Waals surface area contributed by atoms with E-state index < -0.39 is 5.97 Å². The number of nitrogens with one attached hydrogen (secondary N) is 2. The summed E-state index contributed by atoms with van der Waals surface area (Å²) in [5, 5.41) is 14.7. The molecule has 3 rings (SSSR count). The zero-order valence-electron chi connectivity index (χ0n) is 14.8. The quantitative estimate of drug-likeness (QED) is 0.727. The standard InChI is InChI=1S/C20H20N2O5/c1-27-17-11-14(7-8-15(17)20(25)26)21-18(23)9-6-13-10-12-4-2-3-5-16(12)22-19(13)24/h2-5,7-8,11,13H,6,9-10H2,1H3,(H,21,23)(H,22,24)(H,25,26). The molecule has 2 aromatic rings. The van der Waals surface area contributed by atoms with Crippen LogP contribution in [-0.4, -0.2) is 30.0 Å². The molecule has 2 amide bonds. The van der Waals surface area contributed by atoms with E-state index in [1.165, 1.54) is 25.3 Å². The lowest BCUT2D eigenvalue weighted by molar-refractivity contribution is -0.121. The number of aromatic carboxylic acids is 1. The summed E-state index contributed by atoms with van der Waals surface area (Å²) in [6, 6.07) is 12.0. The van der Waals surface area contributed by atoms with Crippen molar-refractivity contribution in [3.05, 3.63) is 53.6 Å². The molecule has 0 saturated heterocycles. The zero-order chi connectivity index (χ0) is 19.4. The predicted octanol–water partition coefficient (Wildman–Crippen LogP) is 2.92. The van der Waals surface area contributed by atoms with Crippen molar-refractivity contribution < 1.29 is 24.2 Å². The van der Waals surface area contributed by atoms with E-state index in [0.717, 1.165) is 11.3 Å². The summed E-state index contributed by atoms with van der Waals surface area (Å²) in [5.41, 5.74) is 2.36. The minimum atomic E-state index is -1.10. The number of carbonyl (C=O) groups excluding carboxylic acids is 2. The van der Waals surface area contributed by atoms with Crippen LogP contribution in [0.5, 0.6) is 5.75 Å². The van der Waals surface area contributed by atoms with Gasteiger partial charge in [0.1, 0.15) is 11.3 Å². The van der Waals surface area contributed by atoms with Crippen molar-refractivity contribution in [1.29, 1.82) is 0 Å². The summed E-state index contributed by atoms with van der Waals surface area (Å²) in [6.45, 7) is 0. The molecule has 1 heterocycles. The molecule has 3 N–H and O–H groups in total. The zero-order valence-corrected chi connectivity index (χ0v) is 14.8. The monoisotopic (exact) mass is 368 g/mol. The number of carboxylic acids is 1. The highest BCUT2D eigenvalue weighted by molar-refractivity contribution is 5.97. The lowest BCUT2D eigenvalue weighted by atomic mass is 9.89. The van der Waals surface area contributed by atoms with Crippen molar-refractivity contribution in [1.82, 2.24) is 0 Å². The van der Waals surface area contributed by atoms with Gasteiger partial charge in [0.05, 0.1) is 7.11 Å². The van der Waals surface area contributed by atoms with Crippen LogP contribution in [0.1, 0.15) is 28.8 Å². The Kier molecular flexibility index (Phi) is 5.40. The van der Waals surface area contributed by atoms with Gasteiger partial charge in [0, 0.05) is 29.8 Å². The first-order valence-corrected chi connectivity index (χ1v) is 8.58. The number of carboxylic acid groups (broad SMARTS) is 1. The van der Waals surface area contributed by atoms with Crippen LogP contribution in [0, 0.1) is 5.92 Å². The van der Waals surface area contributed by atoms with Crippen molar-refractivity contribution in [2.45, 2.75) is 19.3 Å². The fourth-order valence-corrected chi connectivity index (χ4v) is 3.12. The lowest BCUT2D eigenvalue weighted by Crippen LogP contribution is -2.30. The van der Waals surface area contributed by atoms with Crippen LogP contribution in [0.4, 0.5) is 11.4 Å². The first-order valence-electron chi connectivity index (χ1n) is 8.58. The molecule has 0 radical (unpaired) electrons. The molecule has 1 aliphatic rings. The third-order valence-electron chi connectivity index (χ3n) is 4.55. The molecule has 0 saturated carbocycles. The first-order chi connectivity index (χ1) is 13.0. The van der Waals surface area contributed by atoms with Gasteiger partial charge in [0.2, 0.25) is 11.8 Å². The van der Waals surface area contributed by atoms with E-state index in [0.29, 0.717) is 18.5 Å². The SMILES string of the molecule is COc1cc(NC(=O)CCC2Cc3ccccc3NC2=O)ccc1C(=O)O. The minimum Gasteiger partial charge on any atom is -0.496 e. The summed E-state index contributed by atoms with van der Waals surface area (Å²) in [5.74, 6) is -1.51. The molecule has 0 aromatic heterocycles. The Labute approximate surface area is 156 Å². The minimum absolute atomic E-state index is 0.0213. The molecular weight excluding hydrogens is 348 g/mol. The lowest BCUT2D eigenvalue weighted by Gasteiger charge is -2.24. The number of hydrogen-bond acceptors (Lipinski definition) is 4. The second-order valence-electron chi connectivity index (χ2n) is 6.35. The highest BCUT2D eigenvalue weighted by Crippen LogP contribution is 2.28. The van der Waals surface area contributed by atoms with E-state index in [2.05, 4.69) is 10.6 Å². The molecule has 140 valence electrons. The maximum absolute atomic E-state index is 12.2. The topological polar surface area (TPSA) is 105 Å². The Morgan fingerprint density at radius 2 is 2.04 bits per heavy atom. The Bertz CT molecular complexity index is 894. The van der Waals surface area contributed by atoms with E-state index in [1.54, 1.807) is 0 Å². The summed E-state index contributed by atoms with van der Waals surface area (Å²) in [4.78, 5) is 35.5. The average Bonchev–Trinajstić information content (AvgIpc) is 2.66. The largest absolute Gasteiger partial charge is 0.496 e. The molecule has 2 aromatic carbocycles. The average molecular weight is 368 g/mol. The molecule has 1 atom stereocenters. The van der Waals surface area contributed by atoms with Gasteiger partial charge in [-0.15, -0.1) is 0 Å². The van der Waals surface area contributed by atoms with Gasteiger partial charge >= 0.3 is 5.97 Å². The van der Waals surface area contributed by atoms with Crippen molar-refractivity contribution in [2.24, 2.45) is 5.92 Å². The van der Waals surface area contributed by atoms with E-state index in [1.807, 2.05) is 24.3 Å².